The van der Waals surface area contributed by atoms with Crippen LogP contribution in [0.1, 0.15) is 11.1 Å². The summed E-state index contributed by atoms with van der Waals surface area (Å²) in [6, 6.07) is 3.95. The maximum absolute atomic E-state index is 12.5. The molecule has 0 aromatic heterocycles. The van der Waals surface area contributed by atoms with Gasteiger partial charge in [0.2, 0.25) is 0 Å². The number of methoxy groups -OCH3 is 1. The largest absolute Gasteiger partial charge is 0.496 e. The van der Waals surface area contributed by atoms with E-state index >= 15 is 0 Å². The third-order valence-corrected chi connectivity index (χ3v) is 2.35. The van der Waals surface area contributed by atoms with Crippen LogP contribution in [0.15, 0.2) is 18.2 Å². The lowest BCUT2D eigenvalue weighted by atomic mass is 10.1. The van der Waals surface area contributed by atoms with Crippen molar-refractivity contribution in [3.8, 4) is 5.75 Å². The van der Waals surface area contributed by atoms with E-state index in [1.54, 1.807) is 6.07 Å². The van der Waals surface area contributed by atoms with Crippen molar-refractivity contribution < 1.29 is 17.9 Å². The van der Waals surface area contributed by atoms with Gasteiger partial charge < -0.3 is 4.74 Å². The van der Waals surface area contributed by atoms with E-state index in [9.17, 15) is 13.2 Å². The molecule has 5 heteroatoms. The first-order valence-electron chi connectivity index (χ1n) is 3.79. The Labute approximate surface area is 88.0 Å². The predicted molar refractivity (Wildman–Crippen MR) is 50.6 cm³/mol. The van der Waals surface area contributed by atoms with Crippen molar-refractivity contribution in [1.82, 2.24) is 0 Å². The van der Waals surface area contributed by atoms with Gasteiger partial charge in [-0.25, -0.2) is 0 Å². The Bertz CT molecular complexity index is 322. The molecule has 0 aliphatic carbocycles. The molecule has 1 aromatic rings. The second-order valence-electron chi connectivity index (χ2n) is 2.63. The molecule has 0 heterocycles. The van der Waals surface area contributed by atoms with E-state index in [2.05, 4.69) is 15.9 Å². The van der Waals surface area contributed by atoms with E-state index in [4.69, 9.17) is 4.74 Å². The van der Waals surface area contributed by atoms with Gasteiger partial charge in [-0.1, -0.05) is 28.1 Å². The Kier molecular flexibility index (Phi) is 3.42. The molecule has 1 aromatic carbocycles. The standard InChI is InChI=1S/C9H8BrF3O/c1-14-8-6(5-10)3-2-4-7(8)9(11,12)13/h2-4H,5H2,1H3. The van der Waals surface area contributed by atoms with E-state index in [0.29, 0.717) is 10.9 Å². The molecule has 0 bridgehead atoms. The molecule has 14 heavy (non-hydrogen) atoms. The summed E-state index contributed by atoms with van der Waals surface area (Å²) >= 11 is 3.10. The molecule has 0 atom stereocenters. The summed E-state index contributed by atoms with van der Waals surface area (Å²) in [5, 5.41) is 0.333. The number of alkyl halides is 4. The van der Waals surface area contributed by atoms with E-state index in [0.717, 1.165) is 6.07 Å². The van der Waals surface area contributed by atoms with Gasteiger partial charge in [0, 0.05) is 10.9 Å². The molecule has 0 N–H and O–H groups in total. The highest BCUT2D eigenvalue weighted by atomic mass is 79.9. The molecule has 0 amide bonds. The topological polar surface area (TPSA) is 9.23 Å². The van der Waals surface area contributed by atoms with Gasteiger partial charge in [0.05, 0.1) is 12.7 Å². The van der Waals surface area contributed by atoms with Gasteiger partial charge >= 0.3 is 6.18 Å². The Balaban J connectivity index is 3.29. The molecule has 0 aliphatic heterocycles. The minimum absolute atomic E-state index is 0.114. The molecule has 0 saturated carbocycles. The maximum atomic E-state index is 12.5. The molecular formula is C9H8BrF3O. The van der Waals surface area contributed by atoms with Crippen molar-refractivity contribution >= 4 is 15.9 Å². The van der Waals surface area contributed by atoms with Crippen LogP contribution in [0.4, 0.5) is 13.2 Å². The number of para-hydroxylation sites is 1. The molecular weight excluding hydrogens is 261 g/mol. The molecule has 1 nitrogen and oxygen atoms in total. The number of hydrogen-bond donors (Lipinski definition) is 0. The van der Waals surface area contributed by atoms with Crippen LogP contribution in [0.2, 0.25) is 0 Å². The minimum atomic E-state index is -4.37. The van der Waals surface area contributed by atoms with Crippen molar-refractivity contribution in [2.45, 2.75) is 11.5 Å². The SMILES string of the molecule is COc1c(CBr)cccc1C(F)(F)F. The van der Waals surface area contributed by atoms with Crippen molar-refractivity contribution in [1.29, 1.82) is 0 Å². The third-order valence-electron chi connectivity index (χ3n) is 1.75. The molecule has 0 spiro atoms. The van der Waals surface area contributed by atoms with Crippen LogP contribution in [0.25, 0.3) is 0 Å². The van der Waals surface area contributed by atoms with Gasteiger partial charge in [0.1, 0.15) is 5.75 Å². The number of benzene rings is 1. The Morgan fingerprint density at radius 3 is 2.43 bits per heavy atom. The van der Waals surface area contributed by atoms with Gasteiger partial charge in [-0.05, 0) is 6.07 Å². The quantitative estimate of drug-likeness (QED) is 0.745. The summed E-state index contributed by atoms with van der Waals surface area (Å²) < 4.78 is 42.1. The molecule has 78 valence electrons. The monoisotopic (exact) mass is 268 g/mol. The van der Waals surface area contributed by atoms with Crippen LogP contribution < -0.4 is 4.74 Å². The third kappa shape index (κ3) is 2.20. The molecule has 0 unspecified atom stereocenters. The summed E-state index contributed by atoms with van der Waals surface area (Å²) in [5.41, 5.74) is -0.251. The lowest BCUT2D eigenvalue weighted by molar-refractivity contribution is -0.138. The number of ether oxygens (including phenoxy) is 1. The van der Waals surface area contributed by atoms with E-state index < -0.39 is 11.7 Å². The average molecular weight is 269 g/mol. The second-order valence-corrected chi connectivity index (χ2v) is 3.19. The maximum Gasteiger partial charge on any atom is 0.419 e. The summed E-state index contributed by atoms with van der Waals surface area (Å²) in [5.74, 6) is -0.114. The van der Waals surface area contributed by atoms with Gasteiger partial charge in [-0.3, -0.25) is 0 Å². The fourth-order valence-corrected chi connectivity index (χ4v) is 1.60. The van der Waals surface area contributed by atoms with Gasteiger partial charge in [-0.2, -0.15) is 13.2 Å². The highest BCUT2D eigenvalue weighted by Crippen LogP contribution is 2.38. The van der Waals surface area contributed by atoms with Crippen LogP contribution >= 0.6 is 15.9 Å². The van der Waals surface area contributed by atoms with E-state index in [-0.39, 0.29) is 5.75 Å². The van der Waals surface area contributed by atoms with Crippen LogP contribution in [-0.2, 0) is 11.5 Å². The molecule has 1 rings (SSSR count). The normalized spacial score (nSPS) is 11.5. The van der Waals surface area contributed by atoms with E-state index in [1.165, 1.54) is 13.2 Å². The lowest BCUT2D eigenvalue weighted by Crippen LogP contribution is -2.08. The first-order valence-corrected chi connectivity index (χ1v) is 4.92. The average Bonchev–Trinajstić information content (AvgIpc) is 2.15. The smallest absolute Gasteiger partial charge is 0.419 e. The van der Waals surface area contributed by atoms with Gasteiger partial charge in [-0.15, -0.1) is 0 Å². The Morgan fingerprint density at radius 2 is 2.00 bits per heavy atom. The fourth-order valence-electron chi connectivity index (χ4n) is 1.15. The molecule has 0 radical (unpaired) electrons. The Morgan fingerprint density at radius 1 is 1.36 bits per heavy atom. The molecule has 0 saturated heterocycles. The Hall–Kier alpha value is -0.710. The van der Waals surface area contributed by atoms with Crippen molar-refractivity contribution in [2.24, 2.45) is 0 Å². The zero-order chi connectivity index (χ0) is 10.8. The summed E-state index contributed by atoms with van der Waals surface area (Å²) in [6.45, 7) is 0. The predicted octanol–water partition coefficient (Wildman–Crippen LogP) is 3.61. The number of rotatable bonds is 2. The van der Waals surface area contributed by atoms with Crippen molar-refractivity contribution in [3.63, 3.8) is 0 Å². The zero-order valence-electron chi connectivity index (χ0n) is 7.36. The van der Waals surface area contributed by atoms with Crippen molar-refractivity contribution in [2.75, 3.05) is 7.11 Å². The van der Waals surface area contributed by atoms with Crippen molar-refractivity contribution in [3.05, 3.63) is 29.3 Å². The summed E-state index contributed by atoms with van der Waals surface area (Å²) in [7, 11) is 1.23. The number of halogens is 4. The van der Waals surface area contributed by atoms with Gasteiger partial charge in [0.25, 0.3) is 0 Å². The number of hydrogen-bond acceptors (Lipinski definition) is 1. The van der Waals surface area contributed by atoms with E-state index in [1.807, 2.05) is 0 Å². The van der Waals surface area contributed by atoms with Crippen LogP contribution in [0, 0.1) is 0 Å². The first kappa shape index (κ1) is 11.4. The highest BCUT2D eigenvalue weighted by molar-refractivity contribution is 9.08. The van der Waals surface area contributed by atoms with Crippen LogP contribution in [-0.4, -0.2) is 7.11 Å². The fraction of sp³-hybridized carbons (Fsp3) is 0.333. The molecule has 0 aliphatic rings. The summed E-state index contributed by atoms with van der Waals surface area (Å²) in [6.07, 6.45) is -4.37. The lowest BCUT2D eigenvalue weighted by Gasteiger charge is -2.14. The highest BCUT2D eigenvalue weighted by Gasteiger charge is 2.34. The second kappa shape index (κ2) is 4.21. The minimum Gasteiger partial charge on any atom is -0.496 e. The van der Waals surface area contributed by atoms with Crippen LogP contribution in [0.5, 0.6) is 5.75 Å². The summed E-state index contributed by atoms with van der Waals surface area (Å²) in [4.78, 5) is 0. The van der Waals surface area contributed by atoms with Gasteiger partial charge in [0.15, 0.2) is 0 Å². The first-order chi connectivity index (χ1) is 6.50. The van der Waals surface area contributed by atoms with Crippen LogP contribution in [0.3, 0.4) is 0 Å². The molecule has 0 fully saturated rings. The zero-order valence-corrected chi connectivity index (χ0v) is 8.95.